The van der Waals surface area contributed by atoms with Gasteiger partial charge in [0, 0.05) is 0 Å². The minimum Gasteiger partial charge on any atom is -0.0998 e. The Kier molecular flexibility index (Phi) is 7.65. The first-order valence-corrected chi connectivity index (χ1v) is 8.11. The third-order valence-corrected chi connectivity index (χ3v) is 4.40. The van der Waals surface area contributed by atoms with Gasteiger partial charge in [-0.05, 0) is 78.6 Å². The molecule has 0 nitrogen and oxygen atoms in total. The SMILES string of the molecule is C=C(C)[C@@H]1C/C=C(/C)CC/C=C(/C)CC/C=C(/C)CC1. The maximum atomic E-state index is 4.18. The molecule has 1 aliphatic rings. The third-order valence-electron chi connectivity index (χ3n) is 4.40. The van der Waals surface area contributed by atoms with Crippen LogP contribution in [0.5, 0.6) is 0 Å². The van der Waals surface area contributed by atoms with Crippen molar-refractivity contribution >= 4 is 0 Å². The van der Waals surface area contributed by atoms with Gasteiger partial charge >= 0.3 is 0 Å². The molecular formula is C20H32. The van der Waals surface area contributed by atoms with E-state index in [0.29, 0.717) is 5.92 Å². The van der Waals surface area contributed by atoms with Crippen molar-refractivity contribution in [2.75, 3.05) is 0 Å². The zero-order chi connectivity index (χ0) is 15.0. The molecule has 0 aromatic heterocycles. The Labute approximate surface area is 126 Å². The second-order valence-electron chi connectivity index (χ2n) is 6.55. The van der Waals surface area contributed by atoms with Crippen LogP contribution in [-0.2, 0) is 0 Å². The second-order valence-corrected chi connectivity index (χ2v) is 6.55. The van der Waals surface area contributed by atoms with Crippen molar-refractivity contribution in [3.05, 3.63) is 47.1 Å². The molecule has 0 heterocycles. The largest absolute Gasteiger partial charge is 0.0998 e. The number of rotatable bonds is 1. The van der Waals surface area contributed by atoms with Gasteiger partial charge < -0.3 is 0 Å². The van der Waals surface area contributed by atoms with E-state index in [9.17, 15) is 0 Å². The normalized spacial score (nSPS) is 31.0. The molecule has 112 valence electrons. The monoisotopic (exact) mass is 272 g/mol. The molecule has 0 aliphatic heterocycles. The fourth-order valence-corrected chi connectivity index (χ4v) is 2.71. The summed E-state index contributed by atoms with van der Waals surface area (Å²) in [6.07, 6.45) is 15.7. The zero-order valence-corrected chi connectivity index (χ0v) is 14.0. The molecule has 0 N–H and O–H groups in total. The minimum atomic E-state index is 0.647. The molecule has 0 unspecified atom stereocenters. The standard InChI is InChI=1S/C20H32/c1-16(2)20-14-12-18(4)10-6-8-17(3)9-7-11-19(5)13-15-20/h8,11-12,20H,1,6-7,9-10,13-15H2,2-5H3/b17-8-,18-12-,19-11-/t20-/m1/s1. The van der Waals surface area contributed by atoms with Crippen molar-refractivity contribution in [1.82, 2.24) is 0 Å². The first-order valence-electron chi connectivity index (χ1n) is 8.11. The van der Waals surface area contributed by atoms with Crippen LogP contribution in [0.3, 0.4) is 0 Å². The quantitative estimate of drug-likeness (QED) is 0.462. The molecule has 1 atom stereocenters. The maximum absolute atomic E-state index is 4.18. The van der Waals surface area contributed by atoms with Crippen molar-refractivity contribution < 1.29 is 0 Å². The molecule has 1 aliphatic carbocycles. The summed E-state index contributed by atoms with van der Waals surface area (Å²) >= 11 is 0. The van der Waals surface area contributed by atoms with Gasteiger partial charge in [-0.2, -0.15) is 0 Å². The summed E-state index contributed by atoms with van der Waals surface area (Å²) in [4.78, 5) is 0. The van der Waals surface area contributed by atoms with Crippen LogP contribution < -0.4 is 0 Å². The zero-order valence-electron chi connectivity index (χ0n) is 14.0. The molecule has 20 heavy (non-hydrogen) atoms. The summed E-state index contributed by atoms with van der Waals surface area (Å²) in [6, 6.07) is 0. The van der Waals surface area contributed by atoms with Crippen LogP contribution in [-0.4, -0.2) is 0 Å². The molecule has 0 saturated heterocycles. The highest BCUT2D eigenvalue weighted by Crippen LogP contribution is 2.24. The maximum Gasteiger partial charge on any atom is -0.0171 e. The van der Waals surface area contributed by atoms with Crippen LogP contribution in [0.2, 0.25) is 0 Å². The summed E-state index contributed by atoms with van der Waals surface area (Å²) < 4.78 is 0. The topological polar surface area (TPSA) is 0 Å². The van der Waals surface area contributed by atoms with Gasteiger partial charge in [-0.25, -0.2) is 0 Å². The molecule has 0 aromatic carbocycles. The van der Waals surface area contributed by atoms with Crippen molar-refractivity contribution in [2.24, 2.45) is 5.92 Å². The van der Waals surface area contributed by atoms with Gasteiger partial charge in [-0.1, -0.05) is 47.1 Å². The van der Waals surface area contributed by atoms with E-state index >= 15 is 0 Å². The summed E-state index contributed by atoms with van der Waals surface area (Å²) in [5.74, 6) is 0.647. The average molecular weight is 272 g/mol. The molecule has 1 rings (SSSR count). The highest BCUT2D eigenvalue weighted by atomic mass is 14.1. The molecule has 0 radical (unpaired) electrons. The Morgan fingerprint density at radius 3 is 1.95 bits per heavy atom. The van der Waals surface area contributed by atoms with Gasteiger partial charge in [-0.15, -0.1) is 0 Å². The Balaban J connectivity index is 2.77. The van der Waals surface area contributed by atoms with Crippen LogP contribution in [0, 0.1) is 5.92 Å². The Morgan fingerprint density at radius 2 is 1.40 bits per heavy atom. The van der Waals surface area contributed by atoms with Gasteiger partial charge in [0.2, 0.25) is 0 Å². The lowest BCUT2D eigenvalue weighted by Gasteiger charge is -2.16. The van der Waals surface area contributed by atoms with Crippen molar-refractivity contribution in [3.8, 4) is 0 Å². The van der Waals surface area contributed by atoms with Crippen LogP contribution in [0.25, 0.3) is 0 Å². The van der Waals surface area contributed by atoms with E-state index in [1.54, 1.807) is 11.1 Å². The van der Waals surface area contributed by atoms with Gasteiger partial charge in [-0.3, -0.25) is 0 Å². The van der Waals surface area contributed by atoms with E-state index in [0.717, 1.165) is 6.42 Å². The van der Waals surface area contributed by atoms with E-state index in [1.807, 2.05) is 0 Å². The lowest BCUT2D eigenvalue weighted by Crippen LogP contribution is -2.01. The highest BCUT2D eigenvalue weighted by molar-refractivity contribution is 5.09. The van der Waals surface area contributed by atoms with Gasteiger partial charge in [0.1, 0.15) is 0 Å². The Hall–Kier alpha value is -1.04. The Morgan fingerprint density at radius 1 is 0.900 bits per heavy atom. The fourth-order valence-electron chi connectivity index (χ4n) is 2.71. The van der Waals surface area contributed by atoms with E-state index in [2.05, 4.69) is 52.5 Å². The molecule has 0 heteroatoms. The molecule has 0 aromatic rings. The molecule has 0 amide bonds. The van der Waals surface area contributed by atoms with Crippen molar-refractivity contribution in [2.45, 2.75) is 72.6 Å². The summed E-state index contributed by atoms with van der Waals surface area (Å²) in [6.45, 7) is 13.2. The fraction of sp³-hybridized carbons (Fsp3) is 0.600. The second kappa shape index (κ2) is 9.00. The summed E-state index contributed by atoms with van der Waals surface area (Å²) in [7, 11) is 0. The van der Waals surface area contributed by atoms with Crippen LogP contribution in [0.15, 0.2) is 47.1 Å². The number of hydrogen-bond donors (Lipinski definition) is 0. The van der Waals surface area contributed by atoms with E-state index in [1.165, 1.54) is 49.7 Å². The first-order chi connectivity index (χ1) is 9.49. The van der Waals surface area contributed by atoms with Crippen LogP contribution in [0.4, 0.5) is 0 Å². The van der Waals surface area contributed by atoms with Gasteiger partial charge in [0.15, 0.2) is 0 Å². The molecular weight excluding hydrogens is 240 g/mol. The van der Waals surface area contributed by atoms with Gasteiger partial charge in [0.25, 0.3) is 0 Å². The average Bonchev–Trinajstić information content (AvgIpc) is 2.37. The predicted octanol–water partition coefficient (Wildman–Crippen LogP) is 6.76. The summed E-state index contributed by atoms with van der Waals surface area (Å²) in [5.41, 5.74) is 5.95. The first kappa shape index (κ1) is 17.0. The van der Waals surface area contributed by atoms with Crippen molar-refractivity contribution in [3.63, 3.8) is 0 Å². The van der Waals surface area contributed by atoms with E-state index in [-0.39, 0.29) is 0 Å². The van der Waals surface area contributed by atoms with E-state index < -0.39 is 0 Å². The molecule has 0 fully saturated rings. The summed E-state index contributed by atoms with van der Waals surface area (Å²) in [5, 5.41) is 0. The van der Waals surface area contributed by atoms with Gasteiger partial charge in [0.05, 0.1) is 0 Å². The lowest BCUT2D eigenvalue weighted by molar-refractivity contribution is 0.564. The lowest BCUT2D eigenvalue weighted by atomic mass is 9.89. The van der Waals surface area contributed by atoms with Crippen LogP contribution >= 0.6 is 0 Å². The van der Waals surface area contributed by atoms with Crippen molar-refractivity contribution in [1.29, 1.82) is 0 Å². The molecule has 0 saturated carbocycles. The molecule has 0 spiro atoms. The highest BCUT2D eigenvalue weighted by Gasteiger charge is 2.08. The predicted molar refractivity (Wildman–Crippen MR) is 91.9 cm³/mol. The smallest absolute Gasteiger partial charge is 0.0171 e. The third kappa shape index (κ3) is 6.93. The minimum absolute atomic E-state index is 0.647. The van der Waals surface area contributed by atoms with Crippen LogP contribution in [0.1, 0.15) is 72.6 Å². The van der Waals surface area contributed by atoms with E-state index in [4.69, 9.17) is 0 Å². The molecule has 0 bridgehead atoms. The number of allylic oxidation sites excluding steroid dienone is 7. The number of hydrogen-bond acceptors (Lipinski definition) is 0. The Bertz CT molecular complexity index is 404.